The largest absolute Gasteiger partial charge is 0.435 e. The molecule has 0 atom stereocenters. The predicted molar refractivity (Wildman–Crippen MR) is 86.6 cm³/mol. The first-order valence-corrected chi connectivity index (χ1v) is 8.37. The number of likely N-dealkylation sites (tertiary alicyclic amines) is 1. The van der Waals surface area contributed by atoms with E-state index in [0.29, 0.717) is 25.9 Å². The van der Waals surface area contributed by atoms with Crippen molar-refractivity contribution in [1.29, 1.82) is 0 Å². The van der Waals surface area contributed by atoms with Crippen molar-refractivity contribution in [2.45, 2.75) is 38.4 Å². The van der Waals surface area contributed by atoms with Gasteiger partial charge in [0, 0.05) is 26.0 Å². The van der Waals surface area contributed by atoms with E-state index in [0.717, 1.165) is 13.1 Å². The van der Waals surface area contributed by atoms with Gasteiger partial charge in [-0.1, -0.05) is 0 Å². The number of ether oxygens (including phenoxy) is 1. The molecule has 1 aromatic heterocycles. The molecule has 6 nitrogen and oxygen atoms in total. The SMILES string of the molecule is COCCCNC(=O)c1c(C(F)(F)F)nn(C2CCN(C)CC2)c1C. The minimum Gasteiger partial charge on any atom is -0.385 e. The number of nitrogens with one attached hydrogen (secondary N) is 1. The number of nitrogens with zero attached hydrogens (tertiary/aromatic N) is 3. The van der Waals surface area contributed by atoms with Gasteiger partial charge in [0.2, 0.25) is 0 Å². The monoisotopic (exact) mass is 362 g/mol. The molecule has 0 unspecified atom stereocenters. The number of carbonyl (C=O) groups excluding carboxylic acids is 1. The first-order valence-electron chi connectivity index (χ1n) is 8.37. The average Bonchev–Trinajstić information content (AvgIpc) is 2.90. The number of aromatic nitrogens is 2. The fraction of sp³-hybridized carbons (Fsp3) is 0.750. The maximum Gasteiger partial charge on any atom is 0.435 e. The van der Waals surface area contributed by atoms with Crippen LogP contribution >= 0.6 is 0 Å². The first-order chi connectivity index (χ1) is 11.8. The summed E-state index contributed by atoms with van der Waals surface area (Å²) < 4.78 is 46.4. The molecular weight excluding hydrogens is 337 g/mol. The first kappa shape index (κ1) is 19.7. The Bertz CT molecular complexity index is 593. The Hall–Kier alpha value is -1.61. The summed E-state index contributed by atoms with van der Waals surface area (Å²) in [5.41, 5.74) is -1.21. The van der Waals surface area contributed by atoms with E-state index in [9.17, 15) is 18.0 Å². The Kier molecular flexibility index (Phi) is 6.45. The summed E-state index contributed by atoms with van der Waals surface area (Å²) in [6.07, 6.45) is -2.71. The molecule has 1 aliphatic rings. The van der Waals surface area contributed by atoms with Crippen LogP contribution in [0.15, 0.2) is 0 Å². The molecule has 25 heavy (non-hydrogen) atoms. The molecule has 0 bridgehead atoms. The zero-order valence-corrected chi connectivity index (χ0v) is 14.8. The molecule has 1 amide bonds. The third kappa shape index (κ3) is 4.72. The number of carbonyl (C=O) groups is 1. The molecular formula is C16H25F3N4O2. The van der Waals surface area contributed by atoms with Crippen LogP contribution in [0.3, 0.4) is 0 Å². The third-order valence-corrected chi connectivity index (χ3v) is 4.49. The van der Waals surface area contributed by atoms with Crippen LogP contribution in [0.2, 0.25) is 0 Å². The highest BCUT2D eigenvalue weighted by molar-refractivity contribution is 5.96. The van der Waals surface area contributed by atoms with Crippen molar-refractivity contribution in [3.05, 3.63) is 17.0 Å². The van der Waals surface area contributed by atoms with Gasteiger partial charge in [-0.25, -0.2) is 0 Å². The lowest BCUT2D eigenvalue weighted by atomic mass is 10.1. The second-order valence-corrected chi connectivity index (χ2v) is 6.39. The number of hydrogen-bond donors (Lipinski definition) is 1. The van der Waals surface area contributed by atoms with Crippen LogP contribution in [-0.4, -0.2) is 61.0 Å². The van der Waals surface area contributed by atoms with Crippen LogP contribution < -0.4 is 5.32 Å². The summed E-state index contributed by atoms with van der Waals surface area (Å²) in [5.74, 6) is -0.736. The Labute approximate surface area is 145 Å². The number of hydrogen-bond acceptors (Lipinski definition) is 4. The molecule has 1 aliphatic heterocycles. The molecule has 0 aromatic carbocycles. The Morgan fingerprint density at radius 3 is 2.56 bits per heavy atom. The predicted octanol–water partition coefficient (Wildman–Crippen LogP) is 2.24. The smallest absolute Gasteiger partial charge is 0.385 e. The lowest BCUT2D eigenvalue weighted by Gasteiger charge is -2.29. The standard InChI is InChI=1S/C16H25F3N4O2/c1-11-13(15(24)20-7-4-10-25-3)14(16(17,18)19)21-23(11)12-5-8-22(2)9-6-12/h12H,4-10H2,1-3H3,(H,20,24). The summed E-state index contributed by atoms with van der Waals surface area (Å²) in [6.45, 7) is 3.81. The highest BCUT2D eigenvalue weighted by Crippen LogP contribution is 2.34. The summed E-state index contributed by atoms with van der Waals surface area (Å²) in [4.78, 5) is 14.5. The second-order valence-electron chi connectivity index (χ2n) is 6.39. The maximum absolute atomic E-state index is 13.4. The van der Waals surface area contributed by atoms with Crippen molar-refractivity contribution in [2.75, 3.05) is 40.4 Å². The molecule has 0 saturated carbocycles. The van der Waals surface area contributed by atoms with Crippen LogP contribution in [0.5, 0.6) is 0 Å². The molecule has 9 heteroatoms. The minimum absolute atomic E-state index is 0.118. The van der Waals surface area contributed by atoms with Gasteiger partial charge in [-0.2, -0.15) is 18.3 Å². The van der Waals surface area contributed by atoms with Crippen molar-refractivity contribution in [1.82, 2.24) is 20.0 Å². The minimum atomic E-state index is -4.67. The second kappa shape index (κ2) is 8.18. The van der Waals surface area contributed by atoms with Gasteiger partial charge in [0.1, 0.15) is 0 Å². The van der Waals surface area contributed by atoms with E-state index in [2.05, 4.69) is 15.3 Å². The Morgan fingerprint density at radius 1 is 1.36 bits per heavy atom. The van der Waals surface area contributed by atoms with Gasteiger partial charge in [0.05, 0.1) is 11.6 Å². The number of alkyl halides is 3. The van der Waals surface area contributed by atoms with Crippen molar-refractivity contribution in [3.63, 3.8) is 0 Å². The van der Waals surface area contributed by atoms with Crippen molar-refractivity contribution < 1.29 is 22.7 Å². The van der Waals surface area contributed by atoms with Crippen LogP contribution in [0.4, 0.5) is 13.2 Å². The van der Waals surface area contributed by atoms with E-state index in [1.165, 1.54) is 18.7 Å². The highest BCUT2D eigenvalue weighted by Gasteiger charge is 2.41. The molecule has 1 aromatic rings. The van der Waals surface area contributed by atoms with E-state index in [1.807, 2.05) is 7.05 Å². The number of piperidine rings is 1. The van der Waals surface area contributed by atoms with Gasteiger partial charge in [-0.15, -0.1) is 0 Å². The molecule has 142 valence electrons. The summed E-state index contributed by atoms with van der Waals surface area (Å²) >= 11 is 0. The molecule has 1 N–H and O–H groups in total. The molecule has 2 heterocycles. The van der Waals surface area contributed by atoms with Gasteiger partial charge in [0.15, 0.2) is 5.69 Å². The van der Waals surface area contributed by atoms with Gasteiger partial charge in [-0.3, -0.25) is 9.48 Å². The summed E-state index contributed by atoms with van der Waals surface area (Å²) in [6, 6.07) is -0.118. The molecule has 0 radical (unpaired) electrons. The number of halogens is 3. The quantitative estimate of drug-likeness (QED) is 0.789. The van der Waals surface area contributed by atoms with Crippen molar-refractivity contribution >= 4 is 5.91 Å². The maximum atomic E-state index is 13.4. The van der Waals surface area contributed by atoms with Gasteiger partial charge < -0.3 is 15.0 Å². The van der Waals surface area contributed by atoms with Crippen LogP contribution in [-0.2, 0) is 10.9 Å². The normalized spacial score (nSPS) is 17.0. The molecule has 0 spiro atoms. The van der Waals surface area contributed by atoms with E-state index in [4.69, 9.17) is 4.74 Å². The molecule has 2 rings (SSSR count). The van der Waals surface area contributed by atoms with Crippen LogP contribution in [0.1, 0.15) is 47.1 Å². The fourth-order valence-corrected chi connectivity index (χ4v) is 3.09. The zero-order chi connectivity index (χ0) is 18.6. The van der Waals surface area contributed by atoms with Gasteiger partial charge in [0.25, 0.3) is 5.91 Å². The van der Waals surface area contributed by atoms with Gasteiger partial charge in [-0.05, 0) is 46.3 Å². The van der Waals surface area contributed by atoms with E-state index in [1.54, 1.807) is 0 Å². The Balaban J connectivity index is 2.26. The van der Waals surface area contributed by atoms with Crippen molar-refractivity contribution in [2.24, 2.45) is 0 Å². The topological polar surface area (TPSA) is 59.4 Å². The van der Waals surface area contributed by atoms with E-state index < -0.39 is 17.8 Å². The number of rotatable bonds is 6. The third-order valence-electron chi connectivity index (χ3n) is 4.49. The fourth-order valence-electron chi connectivity index (χ4n) is 3.09. The zero-order valence-electron chi connectivity index (χ0n) is 14.8. The van der Waals surface area contributed by atoms with Crippen molar-refractivity contribution in [3.8, 4) is 0 Å². The lowest BCUT2D eigenvalue weighted by molar-refractivity contribution is -0.142. The summed E-state index contributed by atoms with van der Waals surface area (Å²) in [7, 11) is 3.51. The van der Waals surface area contributed by atoms with Crippen LogP contribution in [0, 0.1) is 6.92 Å². The molecule has 1 fully saturated rings. The van der Waals surface area contributed by atoms with Gasteiger partial charge >= 0.3 is 6.18 Å². The number of methoxy groups -OCH3 is 1. The van der Waals surface area contributed by atoms with Crippen LogP contribution in [0.25, 0.3) is 0 Å². The lowest BCUT2D eigenvalue weighted by Crippen LogP contribution is -2.32. The number of amides is 1. The summed E-state index contributed by atoms with van der Waals surface area (Å²) in [5, 5.41) is 6.31. The molecule has 0 aliphatic carbocycles. The average molecular weight is 362 g/mol. The Morgan fingerprint density at radius 2 is 2.00 bits per heavy atom. The van der Waals surface area contributed by atoms with E-state index in [-0.39, 0.29) is 23.8 Å². The van der Waals surface area contributed by atoms with E-state index >= 15 is 0 Å². The highest BCUT2D eigenvalue weighted by atomic mass is 19.4. The molecule has 1 saturated heterocycles.